The van der Waals surface area contributed by atoms with Crippen LogP contribution in [0.15, 0.2) is 52.5 Å². The van der Waals surface area contributed by atoms with Crippen LogP contribution in [-0.2, 0) is 11.3 Å². The maximum atomic E-state index is 12.4. The molecule has 0 aromatic heterocycles. The molecule has 0 fully saturated rings. The maximum absolute atomic E-state index is 12.4. The van der Waals surface area contributed by atoms with Crippen molar-refractivity contribution >= 4 is 27.9 Å². The molecule has 1 N–H and O–H groups in total. The Morgan fingerprint density at radius 3 is 2.63 bits per heavy atom. The number of carbonyl (C=O) groups excluding carboxylic acids is 1. The van der Waals surface area contributed by atoms with Crippen LogP contribution in [0.1, 0.15) is 43.7 Å². The number of unbranched alkanes of at least 4 members (excludes halogenated alkanes) is 3. The minimum Gasteiger partial charge on any atom is -0.493 e. The lowest BCUT2D eigenvalue weighted by Gasteiger charge is -2.13. The van der Waals surface area contributed by atoms with Crippen molar-refractivity contribution in [3.63, 3.8) is 0 Å². The molecule has 2 aromatic carbocycles. The van der Waals surface area contributed by atoms with Gasteiger partial charge in [-0.25, -0.2) is 0 Å². The Kier molecular flexibility index (Phi) is 9.96. The van der Waals surface area contributed by atoms with Gasteiger partial charge >= 0.3 is 0 Å². The zero-order valence-corrected chi connectivity index (χ0v) is 19.0. The number of benzene rings is 2. The van der Waals surface area contributed by atoms with Gasteiger partial charge in [0, 0.05) is 6.54 Å². The van der Waals surface area contributed by atoms with Gasteiger partial charge in [0.05, 0.1) is 18.2 Å². The predicted octanol–water partition coefficient (Wildman–Crippen LogP) is 5.64. The first-order valence-corrected chi connectivity index (χ1v) is 10.8. The summed E-state index contributed by atoms with van der Waals surface area (Å²) in [6.45, 7) is 3.14. The van der Waals surface area contributed by atoms with Gasteiger partial charge in [0.2, 0.25) is 0 Å². The minimum absolute atomic E-state index is 0.0214. The standard InChI is InChI=1S/C24H27BrN2O3/c1-3-4-5-9-12-30-23-21(25)14-19(15-22(23)29-2)13-20(16-26)24(28)27-17-18-10-7-6-8-11-18/h6-8,10-11,13-15H,3-5,9,12,17H2,1-2H3,(H,27,28)/b20-13+. The zero-order chi connectivity index (χ0) is 21.8. The van der Waals surface area contributed by atoms with E-state index in [1.165, 1.54) is 12.8 Å². The van der Waals surface area contributed by atoms with Crippen molar-refractivity contribution < 1.29 is 14.3 Å². The second-order valence-corrected chi connectivity index (χ2v) is 7.64. The Labute approximate surface area is 186 Å². The fourth-order valence-electron chi connectivity index (χ4n) is 2.85. The van der Waals surface area contributed by atoms with E-state index in [0.717, 1.165) is 18.4 Å². The third-order valence-electron chi connectivity index (χ3n) is 4.47. The summed E-state index contributed by atoms with van der Waals surface area (Å²) in [5.74, 6) is 0.749. The number of ether oxygens (including phenoxy) is 2. The van der Waals surface area contributed by atoms with E-state index >= 15 is 0 Å². The fraction of sp³-hybridized carbons (Fsp3) is 0.333. The fourth-order valence-corrected chi connectivity index (χ4v) is 3.43. The lowest BCUT2D eigenvalue weighted by atomic mass is 10.1. The molecule has 2 aromatic rings. The summed E-state index contributed by atoms with van der Waals surface area (Å²) >= 11 is 3.51. The van der Waals surface area contributed by atoms with Crippen LogP contribution in [-0.4, -0.2) is 19.6 Å². The molecule has 0 aliphatic carbocycles. The van der Waals surface area contributed by atoms with E-state index in [9.17, 15) is 10.1 Å². The van der Waals surface area contributed by atoms with Gasteiger partial charge in [-0.05, 0) is 51.7 Å². The topological polar surface area (TPSA) is 71.3 Å². The lowest BCUT2D eigenvalue weighted by Crippen LogP contribution is -2.23. The van der Waals surface area contributed by atoms with Crippen LogP contribution in [0, 0.1) is 11.3 Å². The van der Waals surface area contributed by atoms with Crippen molar-refractivity contribution in [2.24, 2.45) is 0 Å². The quantitative estimate of drug-likeness (QED) is 0.262. The Hall–Kier alpha value is -2.78. The Bertz CT molecular complexity index is 905. The number of halogens is 1. The van der Waals surface area contributed by atoms with Crippen molar-refractivity contribution in [3.8, 4) is 17.6 Å². The average molecular weight is 471 g/mol. The highest BCUT2D eigenvalue weighted by atomic mass is 79.9. The van der Waals surface area contributed by atoms with Gasteiger partial charge in [-0.3, -0.25) is 4.79 Å². The van der Waals surface area contributed by atoms with Crippen molar-refractivity contribution in [1.29, 1.82) is 5.26 Å². The third-order valence-corrected chi connectivity index (χ3v) is 5.06. The molecular formula is C24H27BrN2O3. The Balaban J connectivity index is 2.10. The molecule has 0 heterocycles. The highest BCUT2D eigenvalue weighted by Crippen LogP contribution is 2.37. The van der Waals surface area contributed by atoms with Gasteiger partial charge in [-0.15, -0.1) is 0 Å². The molecule has 0 spiro atoms. The molecule has 2 rings (SSSR count). The molecule has 0 aliphatic heterocycles. The number of carbonyl (C=O) groups is 1. The highest BCUT2D eigenvalue weighted by Gasteiger charge is 2.14. The molecule has 6 heteroatoms. The van der Waals surface area contributed by atoms with Gasteiger partial charge in [-0.2, -0.15) is 5.26 Å². The zero-order valence-electron chi connectivity index (χ0n) is 17.4. The molecule has 1 amide bonds. The summed E-state index contributed by atoms with van der Waals surface area (Å²) in [4.78, 5) is 12.4. The molecule has 0 unspecified atom stereocenters. The van der Waals surface area contributed by atoms with E-state index in [2.05, 4.69) is 28.2 Å². The number of nitrogens with one attached hydrogen (secondary N) is 1. The second kappa shape index (κ2) is 12.7. The van der Waals surface area contributed by atoms with E-state index < -0.39 is 5.91 Å². The van der Waals surface area contributed by atoms with Gasteiger partial charge in [0.25, 0.3) is 5.91 Å². The molecule has 0 saturated heterocycles. The normalized spacial score (nSPS) is 10.9. The lowest BCUT2D eigenvalue weighted by molar-refractivity contribution is -0.117. The summed E-state index contributed by atoms with van der Waals surface area (Å²) in [6.07, 6.45) is 6.01. The largest absolute Gasteiger partial charge is 0.493 e. The molecule has 0 radical (unpaired) electrons. The monoisotopic (exact) mass is 470 g/mol. The van der Waals surface area contributed by atoms with Crippen LogP contribution in [0.4, 0.5) is 0 Å². The van der Waals surface area contributed by atoms with E-state index in [-0.39, 0.29) is 5.57 Å². The number of nitrogens with zero attached hydrogens (tertiary/aromatic N) is 1. The number of hydrogen-bond acceptors (Lipinski definition) is 4. The number of hydrogen-bond donors (Lipinski definition) is 1. The van der Waals surface area contributed by atoms with E-state index in [1.807, 2.05) is 42.5 Å². The number of rotatable bonds is 11. The summed E-state index contributed by atoms with van der Waals surface area (Å²) in [5, 5.41) is 12.2. The van der Waals surface area contributed by atoms with Crippen molar-refractivity contribution in [2.75, 3.05) is 13.7 Å². The van der Waals surface area contributed by atoms with Crippen LogP contribution in [0.5, 0.6) is 11.5 Å². The van der Waals surface area contributed by atoms with E-state index in [0.29, 0.717) is 34.7 Å². The first-order valence-electron chi connectivity index (χ1n) is 10.0. The van der Waals surface area contributed by atoms with E-state index in [4.69, 9.17) is 9.47 Å². The number of amides is 1. The second-order valence-electron chi connectivity index (χ2n) is 6.78. The molecule has 5 nitrogen and oxygen atoms in total. The average Bonchev–Trinajstić information content (AvgIpc) is 2.77. The molecule has 30 heavy (non-hydrogen) atoms. The Morgan fingerprint density at radius 2 is 1.97 bits per heavy atom. The SMILES string of the molecule is CCCCCCOc1c(Br)cc(/C=C(\C#N)C(=O)NCc2ccccc2)cc1OC. The number of nitriles is 1. The summed E-state index contributed by atoms with van der Waals surface area (Å²) < 4.78 is 12.1. The molecule has 158 valence electrons. The highest BCUT2D eigenvalue weighted by molar-refractivity contribution is 9.10. The van der Waals surface area contributed by atoms with E-state index in [1.54, 1.807) is 19.3 Å². The Morgan fingerprint density at radius 1 is 1.20 bits per heavy atom. The summed E-state index contributed by atoms with van der Waals surface area (Å²) in [7, 11) is 1.57. The van der Waals surface area contributed by atoms with Gasteiger partial charge < -0.3 is 14.8 Å². The maximum Gasteiger partial charge on any atom is 0.262 e. The van der Waals surface area contributed by atoms with Crippen LogP contribution < -0.4 is 14.8 Å². The van der Waals surface area contributed by atoms with Crippen LogP contribution >= 0.6 is 15.9 Å². The van der Waals surface area contributed by atoms with Crippen LogP contribution in [0.3, 0.4) is 0 Å². The van der Waals surface area contributed by atoms with Gasteiger partial charge in [-0.1, -0.05) is 56.5 Å². The summed E-state index contributed by atoms with van der Waals surface area (Å²) in [5.41, 5.74) is 1.66. The van der Waals surface area contributed by atoms with Crippen molar-refractivity contribution in [3.05, 3.63) is 63.6 Å². The predicted molar refractivity (Wildman–Crippen MR) is 122 cm³/mol. The molecule has 0 bridgehead atoms. The smallest absolute Gasteiger partial charge is 0.262 e. The van der Waals surface area contributed by atoms with Crippen molar-refractivity contribution in [2.45, 2.75) is 39.2 Å². The molecule has 0 aliphatic rings. The summed E-state index contributed by atoms with van der Waals surface area (Å²) in [6, 6.07) is 15.1. The van der Waals surface area contributed by atoms with Gasteiger partial charge in [0.1, 0.15) is 11.6 Å². The van der Waals surface area contributed by atoms with Crippen molar-refractivity contribution in [1.82, 2.24) is 5.32 Å². The van der Waals surface area contributed by atoms with Gasteiger partial charge in [0.15, 0.2) is 11.5 Å². The van der Waals surface area contributed by atoms with Crippen LogP contribution in [0.25, 0.3) is 6.08 Å². The minimum atomic E-state index is -0.423. The third kappa shape index (κ3) is 7.23. The molecular weight excluding hydrogens is 444 g/mol. The number of methoxy groups -OCH3 is 1. The first kappa shape index (κ1) is 23.5. The van der Waals surface area contributed by atoms with Crippen LogP contribution in [0.2, 0.25) is 0 Å². The molecule has 0 atom stereocenters. The molecule has 0 saturated carbocycles. The first-order chi connectivity index (χ1) is 14.6.